The van der Waals surface area contributed by atoms with Gasteiger partial charge in [0.25, 0.3) is 0 Å². The normalized spacial score (nSPS) is 26.4. The van der Waals surface area contributed by atoms with E-state index in [9.17, 15) is 19.2 Å². The molecule has 4 aliphatic heterocycles. The molecule has 18 heteroatoms. The van der Waals surface area contributed by atoms with Crippen LogP contribution in [0, 0.1) is 35.3 Å². The minimum Gasteiger partial charge on any atom is -0.453 e. The monoisotopic (exact) mass is 1000 g/mol. The molecule has 4 N–H and O–H groups in total. The van der Waals surface area contributed by atoms with Crippen LogP contribution >= 0.6 is 0 Å². The van der Waals surface area contributed by atoms with E-state index in [4.69, 9.17) is 19.4 Å². The number of aromatic amines is 2. The second-order valence-electron chi connectivity index (χ2n) is 22.2. The molecule has 6 aliphatic rings. The lowest BCUT2D eigenvalue weighted by Crippen LogP contribution is -2.54. The third-order valence-corrected chi connectivity index (χ3v) is 17.2. The van der Waals surface area contributed by atoms with Crippen molar-refractivity contribution in [3.8, 4) is 0 Å². The number of nitrogens with zero attached hydrogens (tertiary/aromatic N) is 6. The number of fused-ring (bicyclic) bond motifs is 6. The number of imidazole rings is 2. The first kappa shape index (κ1) is 48.8. The molecule has 11 rings (SSSR count). The molecule has 5 unspecified atom stereocenters. The number of rotatable bonds is 12. The zero-order chi connectivity index (χ0) is 51.0. The lowest BCUT2D eigenvalue weighted by molar-refractivity contribution is -0.140. The number of H-pyrrole nitrogens is 2. The molecule has 73 heavy (non-hydrogen) atoms. The summed E-state index contributed by atoms with van der Waals surface area (Å²) in [5.41, 5.74) is 5.47. The number of hydrogen-bond acceptors (Lipinski definition) is 10. The predicted molar refractivity (Wildman–Crippen MR) is 272 cm³/mol. The number of methoxy groups -OCH3 is 2. The third kappa shape index (κ3) is 8.69. The molecule has 4 saturated heterocycles. The minimum absolute atomic E-state index is 0.0227. The van der Waals surface area contributed by atoms with Gasteiger partial charge in [-0.25, -0.2) is 28.3 Å². The highest BCUT2D eigenvalue weighted by Gasteiger charge is 2.53. The molecule has 2 saturated carbocycles. The molecule has 2 aromatic heterocycles. The average Bonchev–Trinajstić information content (AvgIpc) is 4.26. The topological polar surface area (TPSA) is 181 Å². The molecule has 2 aliphatic carbocycles. The fourth-order valence-corrected chi connectivity index (χ4v) is 13.8. The van der Waals surface area contributed by atoms with Crippen LogP contribution in [0.15, 0.2) is 48.5 Å². The Labute approximate surface area is 424 Å². The van der Waals surface area contributed by atoms with Crippen LogP contribution < -0.4 is 20.4 Å². The van der Waals surface area contributed by atoms with Gasteiger partial charge in [0, 0.05) is 30.9 Å². The number of amides is 4. The number of nitrogens with one attached hydrogen (secondary N) is 4. The van der Waals surface area contributed by atoms with Crippen molar-refractivity contribution in [3.63, 3.8) is 0 Å². The number of alkyl carbamates (subject to hydrolysis) is 2. The number of benzene rings is 3. The van der Waals surface area contributed by atoms with Gasteiger partial charge >= 0.3 is 12.2 Å². The van der Waals surface area contributed by atoms with Crippen molar-refractivity contribution in [2.75, 3.05) is 37.1 Å². The Morgan fingerprint density at radius 1 is 0.630 bits per heavy atom. The van der Waals surface area contributed by atoms with E-state index in [1.807, 2.05) is 54.5 Å². The molecule has 16 nitrogen and oxygen atoms in total. The summed E-state index contributed by atoms with van der Waals surface area (Å²) < 4.78 is 42.8. The summed E-state index contributed by atoms with van der Waals surface area (Å²) in [6.07, 6.45) is 8.35. The Kier molecular flexibility index (Phi) is 13.0. The first-order chi connectivity index (χ1) is 35.2. The van der Waals surface area contributed by atoms with Crippen molar-refractivity contribution in [1.29, 1.82) is 0 Å². The number of anilines is 2. The number of piperidine rings is 3. The highest BCUT2D eigenvalue weighted by atomic mass is 19.1. The maximum atomic E-state index is 16.5. The van der Waals surface area contributed by atoms with Crippen LogP contribution in [0.3, 0.4) is 0 Å². The number of likely N-dealkylation sites (tertiary alicyclic amines) is 2. The molecule has 388 valence electrons. The summed E-state index contributed by atoms with van der Waals surface area (Å²) in [5, 5.41) is 5.55. The SMILES string of the molecule is COC(=O)NC(C(=O)N1C2CCC(C2)[C@H]1c1nc2cc([C@H]3CC[C@H](c4ccc5[nH]c([C@@H]6C7CCC(C7)N6C(=O)[C@@H](NC(=O)OC)C(C)C)nc5c4)N3c3cc(F)c(N4CCCCC4)c(F)c3)ccc2[nH]1)C(C)C. The van der Waals surface area contributed by atoms with Crippen molar-refractivity contribution in [3.05, 3.63) is 82.9 Å². The third-order valence-electron chi connectivity index (χ3n) is 17.2. The van der Waals surface area contributed by atoms with Gasteiger partial charge in [0.15, 0.2) is 11.6 Å². The smallest absolute Gasteiger partial charge is 0.407 e. The quantitative estimate of drug-likeness (QED) is 0.0940. The summed E-state index contributed by atoms with van der Waals surface area (Å²) >= 11 is 0. The largest absolute Gasteiger partial charge is 0.453 e. The maximum absolute atomic E-state index is 16.5. The predicted octanol–water partition coefficient (Wildman–Crippen LogP) is 9.66. The molecule has 5 aromatic rings. The van der Waals surface area contributed by atoms with Crippen molar-refractivity contribution >= 4 is 57.4 Å². The number of carbonyl (C=O) groups is 4. The van der Waals surface area contributed by atoms with Gasteiger partial charge in [0.2, 0.25) is 11.8 Å². The standard InChI is InChI=1S/C55H68F2N10O6/c1-28(2)45(62-54(70)72-5)52(68)66-34-14-10-32(22-34)47(66)50-58-39-16-12-30(24-41(39)60-50)43-18-19-44(65(43)36-26-37(56)49(38(57)27-36)64-20-8-7-9-21-64)31-13-17-40-42(25-31)61-51(59-40)48-33-11-15-35(23-33)67(48)53(69)46(29(3)4)63-55(71)73-6/h12-13,16-17,24-29,32-35,43-48H,7-11,14-15,18-23H2,1-6H3,(H,58,60)(H,59,61)(H,62,70)(H,63,71)/t32?,33?,34?,35?,43-,44-,45+,46?,47+,48+/m1/s1. The number of carbonyl (C=O) groups excluding carboxylic acids is 4. The average molecular weight is 1000 g/mol. The Hall–Kier alpha value is -6.46. The molecule has 6 fully saturated rings. The molecule has 0 spiro atoms. The minimum atomic E-state index is -0.754. The number of aromatic nitrogens is 4. The number of hydrogen-bond donors (Lipinski definition) is 4. The molecule has 0 radical (unpaired) electrons. The van der Waals surface area contributed by atoms with Crippen LogP contribution in [-0.4, -0.2) is 105 Å². The van der Waals surface area contributed by atoms with Crippen molar-refractivity contribution in [2.24, 2.45) is 23.7 Å². The summed E-state index contributed by atoms with van der Waals surface area (Å²) in [4.78, 5) is 78.8. The Balaban J connectivity index is 0.928. The number of halogens is 2. The summed E-state index contributed by atoms with van der Waals surface area (Å²) in [5.74, 6) is 0.0505. The van der Waals surface area contributed by atoms with Crippen molar-refractivity contribution < 1.29 is 37.4 Å². The van der Waals surface area contributed by atoms with Gasteiger partial charge in [0.1, 0.15) is 29.4 Å². The summed E-state index contributed by atoms with van der Waals surface area (Å²) in [7, 11) is 2.59. The van der Waals surface area contributed by atoms with Crippen molar-refractivity contribution in [2.45, 2.75) is 147 Å². The Morgan fingerprint density at radius 3 is 1.51 bits per heavy atom. The van der Waals surface area contributed by atoms with Gasteiger partial charge in [-0.15, -0.1) is 0 Å². The molecular weight excluding hydrogens is 935 g/mol. The fraction of sp³-hybridized carbons (Fsp3) is 0.564. The highest BCUT2D eigenvalue weighted by molar-refractivity contribution is 5.88. The second kappa shape index (κ2) is 19.4. The first-order valence-electron chi connectivity index (χ1n) is 26.6. The van der Waals surface area contributed by atoms with Crippen LogP contribution in [0.4, 0.5) is 29.7 Å². The molecule has 4 amide bonds. The van der Waals surface area contributed by atoms with Gasteiger partial charge in [-0.1, -0.05) is 39.8 Å². The molecule has 10 atom stereocenters. The van der Waals surface area contributed by atoms with Gasteiger partial charge in [-0.3, -0.25) is 9.59 Å². The van der Waals surface area contributed by atoms with E-state index in [2.05, 4.69) is 49.8 Å². The van der Waals surface area contributed by atoms with Gasteiger partial charge in [0.05, 0.1) is 60.5 Å². The van der Waals surface area contributed by atoms with E-state index in [-0.39, 0.29) is 77.4 Å². The first-order valence-corrected chi connectivity index (χ1v) is 26.6. The van der Waals surface area contributed by atoms with Crippen LogP contribution in [0.2, 0.25) is 0 Å². The maximum Gasteiger partial charge on any atom is 0.407 e. The van der Waals surface area contributed by atoms with E-state index in [0.717, 1.165) is 91.0 Å². The van der Waals surface area contributed by atoms with Crippen LogP contribution in [-0.2, 0) is 19.1 Å². The summed E-state index contributed by atoms with van der Waals surface area (Å²) in [6, 6.07) is 12.7. The van der Waals surface area contributed by atoms with Crippen LogP contribution in [0.1, 0.15) is 145 Å². The zero-order valence-corrected chi connectivity index (χ0v) is 42.6. The Bertz CT molecular complexity index is 2750. The van der Waals surface area contributed by atoms with E-state index in [1.165, 1.54) is 26.4 Å². The lowest BCUT2D eigenvalue weighted by Gasteiger charge is -2.37. The lowest BCUT2D eigenvalue weighted by atomic mass is 9.95. The Morgan fingerprint density at radius 2 is 1.08 bits per heavy atom. The second-order valence-corrected chi connectivity index (χ2v) is 22.2. The van der Waals surface area contributed by atoms with E-state index in [1.54, 1.807) is 0 Å². The number of ether oxygens (including phenoxy) is 2. The van der Waals surface area contributed by atoms with Gasteiger partial charge in [-0.05, 0) is 142 Å². The zero-order valence-electron chi connectivity index (χ0n) is 42.6. The summed E-state index contributed by atoms with van der Waals surface area (Å²) in [6.45, 7) is 8.86. The molecule has 3 aromatic carbocycles. The van der Waals surface area contributed by atoms with E-state index >= 15 is 8.78 Å². The molecule has 4 bridgehead atoms. The van der Waals surface area contributed by atoms with Gasteiger partial charge < -0.3 is 49.7 Å². The molecular formula is C55H68F2N10O6. The van der Waals surface area contributed by atoms with Crippen molar-refractivity contribution in [1.82, 2.24) is 40.4 Å². The van der Waals surface area contributed by atoms with Crippen LogP contribution in [0.5, 0.6) is 0 Å². The molecule has 6 heterocycles. The van der Waals surface area contributed by atoms with E-state index < -0.39 is 35.9 Å². The van der Waals surface area contributed by atoms with Gasteiger partial charge in [-0.2, -0.15) is 0 Å². The highest BCUT2D eigenvalue weighted by Crippen LogP contribution is 2.53. The van der Waals surface area contributed by atoms with E-state index in [0.29, 0.717) is 43.3 Å². The van der Waals surface area contributed by atoms with Crippen LogP contribution in [0.25, 0.3) is 22.1 Å². The fourth-order valence-electron chi connectivity index (χ4n) is 13.8.